The van der Waals surface area contributed by atoms with Crippen LogP contribution >= 0.6 is 0 Å². The molecule has 0 aliphatic rings. The fourth-order valence-electron chi connectivity index (χ4n) is 2.45. The lowest BCUT2D eigenvalue weighted by Gasteiger charge is -2.11. The van der Waals surface area contributed by atoms with Crippen molar-refractivity contribution in [2.24, 2.45) is 0 Å². The zero-order valence-electron chi connectivity index (χ0n) is 13.1. The summed E-state index contributed by atoms with van der Waals surface area (Å²) in [5, 5.41) is 0.621. The van der Waals surface area contributed by atoms with Crippen molar-refractivity contribution in [2.45, 2.75) is 17.6 Å². The van der Waals surface area contributed by atoms with E-state index < -0.39 is 27.6 Å². The van der Waals surface area contributed by atoms with Gasteiger partial charge in [0, 0.05) is 18.1 Å². The molecule has 0 bridgehead atoms. The van der Waals surface area contributed by atoms with Gasteiger partial charge in [-0.1, -0.05) is 24.3 Å². The lowest BCUT2D eigenvalue weighted by molar-refractivity contribution is -0.140. The molecule has 0 aliphatic heterocycles. The molecule has 0 atom stereocenters. The monoisotopic (exact) mass is 384 g/mol. The quantitative estimate of drug-likeness (QED) is 0.695. The van der Waals surface area contributed by atoms with Crippen LogP contribution in [0.4, 0.5) is 17.6 Å². The predicted octanol–water partition coefficient (Wildman–Crippen LogP) is 3.87. The van der Waals surface area contributed by atoms with Crippen LogP contribution in [0.2, 0.25) is 0 Å². The topological polar surface area (TPSA) is 59.1 Å². The summed E-state index contributed by atoms with van der Waals surface area (Å²) in [6, 6.07) is 10.2. The van der Waals surface area contributed by atoms with Gasteiger partial charge in [-0.05, 0) is 29.8 Å². The number of benzene rings is 2. The van der Waals surface area contributed by atoms with Crippen molar-refractivity contribution >= 4 is 20.9 Å². The van der Waals surface area contributed by atoms with Crippen LogP contribution in [0.1, 0.15) is 11.1 Å². The normalized spacial score (nSPS) is 12.5. The molecule has 1 aromatic heterocycles. The van der Waals surface area contributed by atoms with Crippen molar-refractivity contribution in [3.8, 4) is 0 Å². The van der Waals surface area contributed by atoms with Crippen LogP contribution in [0.5, 0.6) is 0 Å². The second kappa shape index (κ2) is 6.65. The number of sulfonamides is 1. The van der Waals surface area contributed by atoms with Gasteiger partial charge in [0.25, 0.3) is 0 Å². The van der Waals surface area contributed by atoms with Gasteiger partial charge in [0.2, 0.25) is 10.0 Å². The maximum absolute atomic E-state index is 13.6. The van der Waals surface area contributed by atoms with Gasteiger partial charge >= 0.3 is 6.18 Å². The van der Waals surface area contributed by atoms with Crippen molar-refractivity contribution in [3.05, 3.63) is 71.7 Å². The molecule has 0 aliphatic carbocycles. The molecule has 0 unspecified atom stereocenters. The summed E-state index contributed by atoms with van der Waals surface area (Å²) in [4.78, 5) is 3.98. The van der Waals surface area contributed by atoms with E-state index in [-0.39, 0.29) is 22.5 Å². The Morgan fingerprint density at radius 2 is 1.77 bits per heavy atom. The Morgan fingerprint density at radius 3 is 2.46 bits per heavy atom. The number of pyridine rings is 1. The first-order chi connectivity index (χ1) is 12.2. The van der Waals surface area contributed by atoms with Gasteiger partial charge in [-0.15, -0.1) is 0 Å². The van der Waals surface area contributed by atoms with E-state index in [0.717, 1.165) is 6.07 Å². The van der Waals surface area contributed by atoms with Gasteiger partial charge in [0.05, 0.1) is 11.1 Å². The van der Waals surface area contributed by atoms with Gasteiger partial charge in [-0.25, -0.2) is 17.5 Å². The number of nitrogens with zero attached hydrogens (tertiary/aromatic N) is 1. The lowest BCUT2D eigenvalue weighted by atomic mass is 10.1. The van der Waals surface area contributed by atoms with E-state index in [4.69, 9.17) is 0 Å². The molecule has 0 saturated carbocycles. The second-order valence-electron chi connectivity index (χ2n) is 5.47. The second-order valence-corrected chi connectivity index (χ2v) is 7.20. The van der Waals surface area contributed by atoms with Crippen LogP contribution in [0.3, 0.4) is 0 Å². The fraction of sp³-hybridized carbons (Fsp3) is 0.118. The average molecular weight is 384 g/mol. The first-order valence-corrected chi connectivity index (χ1v) is 8.86. The molecule has 1 N–H and O–H groups in total. The first kappa shape index (κ1) is 18.3. The molecule has 3 rings (SSSR count). The maximum atomic E-state index is 13.6. The number of aromatic nitrogens is 1. The predicted molar refractivity (Wildman–Crippen MR) is 87.2 cm³/mol. The van der Waals surface area contributed by atoms with Crippen LogP contribution in [-0.2, 0) is 22.7 Å². The molecule has 1 heterocycles. The molecule has 9 heteroatoms. The highest BCUT2D eigenvalue weighted by Gasteiger charge is 2.33. The number of nitrogens with one attached hydrogen (secondary N) is 1. The summed E-state index contributed by atoms with van der Waals surface area (Å²) >= 11 is 0. The highest BCUT2D eigenvalue weighted by Crippen LogP contribution is 2.31. The number of hydrogen-bond donors (Lipinski definition) is 1. The Hall–Kier alpha value is -2.52. The van der Waals surface area contributed by atoms with Crippen molar-refractivity contribution in [1.29, 1.82) is 0 Å². The minimum Gasteiger partial charge on any atom is -0.255 e. The van der Waals surface area contributed by atoms with E-state index in [1.54, 1.807) is 24.3 Å². The minimum atomic E-state index is -4.81. The molecule has 0 radical (unpaired) electrons. The Balaban J connectivity index is 1.86. The summed E-state index contributed by atoms with van der Waals surface area (Å²) in [5.74, 6) is -1.46. The number of rotatable bonds is 4. The van der Waals surface area contributed by atoms with Crippen LogP contribution in [-0.4, -0.2) is 13.4 Å². The fourth-order valence-corrected chi connectivity index (χ4v) is 3.64. The number of para-hydroxylation sites is 1. The lowest BCUT2D eigenvalue weighted by Crippen LogP contribution is -2.24. The van der Waals surface area contributed by atoms with Gasteiger partial charge in [-0.3, -0.25) is 4.98 Å². The van der Waals surface area contributed by atoms with Crippen LogP contribution in [0, 0.1) is 5.82 Å². The van der Waals surface area contributed by atoms with Crippen molar-refractivity contribution in [2.75, 3.05) is 0 Å². The van der Waals surface area contributed by atoms with Crippen molar-refractivity contribution in [3.63, 3.8) is 0 Å². The first-order valence-electron chi connectivity index (χ1n) is 7.37. The van der Waals surface area contributed by atoms with Crippen LogP contribution in [0.25, 0.3) is 10.9 Å². The summed E-state index contributed by atoms with van der Waals surface area (Å²) < 4.78 is 78.6. The summed E-state index contributed by atoms with van der Waals surface area (Å²) in [6.45, 7) is -0.361. The third-order valence-corrected chi connectivity index (χ3v) is 5.12. The van der Waals surface area contributed by atoms with E-state index >= 15 is 0 Å². The molecule has 0 amide bonds. The van der Waals surface area contributed by atoms with E-state index in [1.807, 2.05) is 0 Å². The zero-order chi connectivity index (χ0) is 18.9. The van der Waals surface area contributed by atoms with E-state index in [2.05, 4.69) is 9.71 Å². The third-order valence-electron chi connectivity index (χ3n) is 3.69. The Bertz CT molecular complexity index is 1060. The van der Waals surface area contributed by atoms with Crippen LogP contribution in [0.15, 0.2) is 59.6 Å². The number of halogens is 4. The van der Waals surface area contributed by atoms with Crippen LogP contribution < -0.4 is 4.72 Å². The number of alkyl halides is 3. The van der Waals surface area contributed by atoms with E-state index in [0.29, 0.717) is 17.5 Å². The Labute approximate surface area is 146 Å². The number of fused-ring (bicyclic) bond motifs is 1. The molecule has 3 aromatic rings. The smallest absolute Gasteiger partial charge is 0.255 e. The molecule has 0 saturated heterocycles. The van der Waals surface area contributed by atoms with Crippen molar-refractivity contribution < 1.29 is 26.0 Å². The highest BCUT2D eigenvalue weighted by molar-refractivity contribution is 7.89. The largest absolute Gasteiger partial charge is 0.419 e. The molecule has 2 aromatic carbocycles. The molecule has 0 fully saturated rings. The van der Waals surface area contributed by atoms with Gasteiger partial charge in [0.15, 0.2) is 0 Å². The SMILES string of the molecule is O=S(=O)(NCc1ccc(C(F)(F)F)c(F)c1)c1cccc2cccnc12. The zero-order valence-corrected chi connectivity index (χ0v) is 13.9. The summed E-state index contributed by atoms with van der Waals surface area (Å²) in [7, 11) is -3.99. The highest BCUT2D eigenvalue weighted by atomic mass is 32.2. The van der Waals surface area contributed by atoms with E-state index in [9.17, 15) is 26.0 Å². The summed E-state index contributed by atoms with van der Waals surface area (Å²) in [5.41, 5.74) is -1.07. The Morgan fingerprint density at radius 1 is 1.04 bits per heavy atom. The molecule has 136 valence electrons. The average Bonchev–Trinajstić information content (AvgIpc) is 2.58. The maximum Gasteiger partial charge on any atom is 0.419 e. The standard InChI is InChI=1S/C17H12F4N2O2S/c18-14-9-11(6-7-13(14)17(19,20)21)10-23-26(24,25)15-5-1-3-12-4-2-8-22-16(12)15/h1-9,23H,10H2. The molecular weight excluding hydrogens is 372 g/mol. The summed E-state index contributed by atoms with van der Waals surface area (Å²) in [6.07, 6.45) is -3.36. The molecular formula is C17H12F4N2O2S. The van der Waals surface area contributed by atoms with Gasteiger partial charge in [-0.2, -0.15) is 13.2 Å². The minimum absolute atomic E-state index is 0.0623. The van der Waals surface area contributed by atoms with Crippen molar-refractivity contribution in [1.82, 2.24) is 9.71 Å². The number of hydrogen-bond acceptors (Lipinski definition) is 3. The van der Waals surface area contributed by atoms with Gasteiger partial charge in [0.1, 0.15) is 10.7 Å². The molecule has 26 heavy (non-hydrogen) atoms. The third kappa shape index (κ3) is 3.68. The Kier molecular flexibility index (Phi) is 4.68. The van der Waals surface area contributed by atoms with E-state index in [1.165, 1.54) is 12.3 Å². The molecule has 0 spiro atoms. The van der Waals surface area contributed by atoms with Gasteiger partial charge < -0.3 is 0 Å². The molecule has 4 nitrogen and oxygen atoms in total.